The van der Waals surface area contributed by atoms with Crippen LogP contribution in [-0.4, -0.2) is 65.4 Å². The van der Waals surface area contributed by atoms with Gasteiger partial charge in [0.2, 0.25) is 11.8 Å². The summed E-state index contributed by atoms with van der Waals surface area (Å²) in [6, 6.07) is 6.54. The van der Waals surface area contributed by atoms with Crippen molar-refractivity contribution in [1.82, 2.24) is 20.0 Å². The number of rotatable bonds is 7. The van der Waals surface area contributed by atoms with Crippen LogP contribution in [0.5, 0.6) is 0 Å². The summed E-state index contributed by atoms with van der Waals surface area (Å²) in [6.07, 6.45) is 0. The molecule has 25 heavy (non-hydrogen) atoms. The Balaban J connectivity index is 1.53. The normalized spacial score (nSPS) is 19.4. The molecule has 7 heteroatoms. The van der Waals surface area contributed by atoms with E-state index in [2.05, 4.69) is 26.9 Å². The largest absolute Gasteiger partial charge is 0.419 e. The van der Waals surface area contributed by atoms with E-state index >= 15 is 0 Å². The molecule has 1 aromatic heterocycles. The minimum Gasteiger partial charge on any atom is -0.419 e. The molecule has 1 aromatic carbocycles. The van der Waals surface area contributed by atoms with Gasteiger partial charge in [-0.25, -0.2) is 4.39 Å². The maximum atomic E-state index is 13.0. The van der Waals surface area contributed by atoms with Crippen molar-refractivity contribution in [3.8, 4) is 11.5 Å². The smallest absolute Gasteiger partial charge is 0.247 e. The topological polar surface area (TPSA) is 54.6 Å². The maximum Gasteiger partial charge on any atom is 0.247 e. The van der Waals surface area contributed by atoms with Crippen molar-refractivity contribution in [1.29, 1.82) is 0 Å². The van der Waals surface area contributed by atoms with Crippen LogP contribution in [0.25, 0.3) is 11.5 Å². The summed E-state index contributed by atoms with van der Waals surface area (Å²) in [5.41, 5.74) is 0.731. The molecule has 2 aromatic rings. The Morgan fingerprint density at radius 1 is 1.24 bits per heavy atom. The summed E-state index contributed by atoms with van der Waals surface area (Å²) < 4.78 is 24.2. The number of benzene rings is 1. The van der Waals surface area contributed by atoms with Crippen molar-refractivity contribution in [2.75, 3.05) is 39.4 Å². The molecule has 2 heterocycles. The predicted octanol–water partition coefficient (Wildman–Crippen LogP) is 2.42. The predicted molar refractivity (Wildman–Crippen MR) is 92.5 cm³/mol. The highest BCUT2D eigenvalue weighted by molar-refractivity contribution is 5.51. The number of piperazine rings is 1. The lowest BCUT2D eigenvalue weighted by atomic mass is 10.2. The molecule has 0 amide bonds. The van der Waals surface area contributed by atoms with Gasteiger partial charge in [0.1, 0.15) is 5.82 Å². The maximum absolute atomic E-state index is 13.0. The van der Waals surface area contributed by atoms with Crippen molar-refractivity contribution in [3.05, 3.63) is 36.0 Å². The number of aromatic nitrogens is 2. The van der Waals surface area contributed by atoms with E-state index in [1.165, 1.54) is 12.1 Å². The van der Waals surface area contributed by atoms with Gasteiger partial charge < -0.3 is 9.15 Å². The van der Waals surface area contributed by atoms with Gasteiger partial charge in [-0.2, -0.15) is 0 Å². The first-order valence-corrected chi connectivity index (χ1v) is 8.78. The van der Waals surface area contributed by atoms with E-state index in [9.17, 15) is 4.39 Å². The number of halogens is 1. The van der Waals surface area contributed by atoms with Gasteiger partial charge in [-0.05, 0) is 38.1 Å². The average molecular weight is 348 g/mol. The molecule has 0 unspecified atom stereocenters. The minimum atomic E-state index is -0.278. The molecule has 1 aliphatic heterocycles. The first kappa shape index (κ1) is 18.0. The molecule has 0 aliphatic carbocycles. The molecular formula is C18H25FN4O2. The van der Waals surface area contributed by atoms with Crippen LogP contribution >= 0.6 is 0 Å². The van der Waals surface area contributed by atoms with E-state index in [1.54, 1.807) is 12.1 Å². The fourth-order valence-electron chi connectivity index (χ4n) is 3.09. The Labute approximate surface area is 147 Å². The van der Waals surface area contributed by atoms with E-state index in [1.807, 2.05) is 6.92 Å². The molecular weight excluding hydrogens is 323 g/mol. The van der Waals surface area contributed by atoms with Crippen molar-refractivity contribution in [3.63, 3.8) is 0 Å². The molecule has 1 aliphatic rings. The third-order valence-electron chi connectivity index (χ3n) is 4.49. The number of ether oxygens (including phenoxy) is 1. The van der Waals surface area contributed by atoms with Crippen LogP contribution in [0, 0.1) is 5.82 Å². The Bertz CT molecular complexity index is 661. The summed E-state index contributed by atoms with van der Waals surface area (Å²) in [5.74, 6) is 0.743. The standard InChI is InChI=1S/C18H25FN4O2/c1-3-24-11-10-23-9-8-22(12-14(23)2)13-17-20-21-18(25-17)15-4-6-16(19)7-5-15/h4-7,14H,3,8-13H2,1-2H3/t14-/m1/s1. The lowest BCUT2D eigenvalue weighted by molar-refractivity contribution is 0.0437. The van der Waals surface area contributed by atoms with Gasteiger partial charge in [-0.3, -0.25) is 9.80 Å². The summed E-state index contributed by atoms with van der Waals surface area (Å²) in [4.78, 5) is 4.77. The van der Waals surface area contributed by atoms with Crippen molar-refractivity contribution < 1.29 is 13.5 Å². The van der Waals surface area contributed by atoms with Crippen LogP contribution in [0.2, 0.25) is 0 Å². The van der Waals surface area contributed by atoms with Crippen LogP contribution in [0.1, 0.15) is 19.7 Å². The SMILES string of the molecule is CCOCCN1CCN(Cc2nnc(-c3ccc(F)cc3)o2)C[C@H]1C. The lowest BCUT2D eigenvalue weighted by Gasteiger charge is -2.39. The highest BCUT2D eigenvalue weighted by Gasteiger charge is 2.24. The van der Waals surface area contributed by atoms with E-state index in [0.717, 1.165) is 45.0 Å². The zero-order valence-electron chi connectivity index (χ0n) is 14.8. The van der Waals surface area contributed by atoms with Gasteiger partial charge in [0.25, 0.3) is 0 Å². The van der Waals surface area contributed by atoms with Crippen molar-refractivity contribution in [2.45, 2.75) is 26.4 Å². The second-order valence-corrected chi connectivity index (χ2v) is 6.32. The van der Waals surface area contributed by atoms with Crippen molar-refractivity contribution >= 4 is 0 Å². The summed E-state index contributed by atoms with van der Waals surface area (Å²) in [5, 5.41) is 8.20. The molecule has 136 valence electrons. The van der Waals surface area contributed by atoms with Gasteiger partial charge in [-0.15, -0.1) is 10.2 Å². The summed E-state index contributed by atoms with van der Waals surface area (Å²) in [6.45, 7) is 10.3. The molecule has 0 spiro atoms. The fourth-order valence-corrected chi connectivity index (χ4v) is 3.09. The van der Waals surface area contributed by atoms with Crippen LogP contribution in [-0.2, 0) is 11.3 Å². The van der Waals surface area contributed by atoms with E-state index in [4.69, 9.17) is 9.15 Å². The number of nitrogens with zero attached hydrogens (tertiary/aromatic N) is 4. The fraction of sp³-hybridized carbons (Fsp3) is 0.556. The van der Waals surface area contributed by atoms with Gasteiger partial charge in [-0.1, -0.05) is 0 Å². The molecule has 1 fully saturated rings. The summed E-state index contributed by atoms with van der Waals surface area (Å²) in [7, 11) is 0. The molecule has 0 saturated carbocycles. The van der Waals surface area contributed by atoms with Crippen molar-refractivity contribution in [2.24, 2.45) is 0 Å². The van der Waals surface area contributed by atoms with Gasteiger partial charge in [0, 0.05) is 44.4 Å². The number of hydrogen-bond donors (Lipinski definition) is 0. The molecule has 6 nitrogen and oxygen atoms in total. The minimum absolute atomic E-state index is 0.278. The second kappa shape index (κ2) is 8.51. The quantitative estimate of drug-likeness (QED) is 0.717. The second-order valence-electron chi connectivity index (χ2n) is 6.32. The van der Waals surface area contributed by atoms with Crippen LogP contribution in [0.15, 0.2) is 28.7 Å². The highest BCUT2D eigenvalue weighted by atomic mass is 19.1. The van der Waals surface area contributed by atoms with Gasteiger partial charge >= 0.3 is 0 Å². The van der Waals surface area contributed by atoms with Crippen LogP contribution in [0.4, 0.5) is 4.39 Å². The summed E-state index contributed by atoms with van der Waals surface area (Å²) >= 11 is 0. The third-order valence-corrected chi connectivity index (χ3v) is 4.49. The monoisotopic (exact) mass is 348 g/mol. The molecule has 0 N–H and O–H groups in total. The molecule has 1 saturated heterocycles. The lowest BCUT2D eigenvalue weighted by Crippen LogP contribution is -2.52. The molecule has 0 bridgehead atoms. The molecule has 1 atom stereocenters. The van der Waals surface area contributed by atoms with E-state index in [-0.39, 0.29) is 5.82 Å². The first-order valence-electron chi connectivity index (χ1n) is 8.78. The average Bonchev–Trinajstić information content (AvgIpc) is 3.06. The zero-order valence-corrected chi connectivity index (χ0v) is 14.8. The molecule has 3 rings (SSSR count). The van der Waals surface area contributed by atoms with Crippen LogP contribution in [0.3, 0.4) is 0 Å². The zero-order chi connectivity index (χ0) is 17.6. The van der Waals surface area contributed by atoms with E-state index in [0.29, 0.717) is 24.4 Å². The third kappa shape index (κ3) is 4.84. The molecule has 0 radical (unpaired) electrons. The first-order chi connectivity index (χ1) is 12.2. The van der Waals surface area contributed by atoms with Gasteiger partial charge in [0.15, 0.2) is 0 Å². The Morgan fingerprint density at radius 2 is 2.04 bits per heavy atom. The highest BCUT2D eigenvalue weighted by Crippen LogP contribution is 2.19. The van der Waals surface area contributed by atoms with Gasteiger partial charge in [0.05, 0.1) is 13.2 Å². The Kier molecular flexibility index (Phi) is 6.12. The van der Waals surface area contributed by atoms with Crippen LogP contribution < -0.4 is 0 Å². The number of hydrogen-bond acceptors (Lipinski definition) is 6. The Morgan fingerprint density at radius 3 is 2.76 bits per heavy atom. The Hall–Kier alpha value is -1.83. The van der Waals surface area contributed by atoms with E-state index < -0.39 is 0 Å².